The van der Waals surface area contributed by atoms with Gasteiger partial charge in [-0.1, -0.05) is 11.3 Å². The molecule has 2 aromatic rings. The number of alkyl halides is 1. The van der Waals surface area contributed by atoms with E-state index in [2.05, 4.69) is 10.2 Å². The largest absolute Gasteiger partial charge is 0.497 e. The van der Waals surface area contributed by atoms with E-state index in [1.807, 2.05) is 31.2 Å². The summed E-state index contributed by atoms with van der Waals surface area (Å²) in [5, 5.41) is 9.77. The lowest BCUT2D eigenvalue weighted by Gasteiger charge is -1.99. The van der Waals surface area contributed by atoms with E-state index in [1.54, 1.807) is 7.11 Å². The lowest BCUT2D eigenvalue weighted by molar-refractivity contribution is 0.415. The zero-order chi connectivity index (χ0) is 11.5. The van der Waals surface area contributed by atoms with Gasteiger partial charge in [-0.25, -0.2) is 0 Å². The Balaban J connectivity index is 2.28. The smallest absolute Gasteiger partial charge is 0.147 e. The van der Waals surface area contributed by atoms with E-state index in [9.17, 15) is 0 Å². The van der Waals surface area contributed by atoms with Crippen molar-refractivity contribution in [1.82, 2.24) is 10.2 Å². The van der Waals surface area contributed by atoms with Crippen molar-refractivity contribution in [2.75, 3.05) is 7.11 Å². The number of rotatable bonds is 3. The molecule has 0 saturated heterocycles. The van der Waals surface area contributed by atoms with E-state index in [1.165, 1.54) is 11.3 Å². The second-order valence-electron chi connectivity index (χ2n) is 3.29. The molecule has 0 bridgehead atoms. The highest BCUT2D eigenvalue weighted by Crippen LogP contribution is 2.29. The maximum Gasteiger partial charge on any atom is 0.147 e. The molecule has 5 heteroatoms. The van der Waals surface area contributed by atoms with Gasteiger partial charge in [-0.05, 0) is 31.2 Å². The third-order valence-corrected chi connectivity index (χ3v) is 3.61. The molecule has 1 unspecified atom stereocenters. The summed E-state index contributed by atoms with van der Waals surface area (Å²) >= 11 is 7.45. The van der Waals surface area contributed by atoms with Gasteiger partial charge in [-0.2, -0.15) is 0 Å². The average molecular weight is 255 g/mol. The van der Waals surface area contributed by atoms with Crippen molar-refractivity contribution in [2.45, 2.75) is 12.3 Å². The summed E-state index contributed by atoms with van der Waals surface area (Å²) in [6.45, 7) is 1.89. The molecule has 0 spiro atoms. The maximum absolute atomic E-state index is 5.94. The molecule has 0 radical (unpaired) electrons. The van der Waals surface area contributed by atoms with Crippen molar-refractivity contribution >= 4 is 22.9 Å². The molecule has 3 nitrogen and oxygen atoms in total. The summed E-state index contributed by atoms with van der Waals surface area (Å²) in [4.78, 5) is 0. The van der Waals surface area contributed by atoms with Gasteiger partial charge >= 0.3 is 0 Å². The molecule has 84 valence electrons. The van der Waals surface area contributed by atoms with E-state index in [-0.39, 0.29) is 5.38 Å². The predicted molar refractivity (Wildman–Crippen MR) is 66.2 cm³/mol. The van der Waals surface area contributed by atoms with E-state index in [0.29, 0.717) is 0 Å². The lowest BCUT2D eigenvalue weighted by atomic mass is 10.2. The highest BCUT2D eigenvalue weighted by molar-refractivity contribution is 7.15. The molecule has 0 amide bonds. The normalized spacial score (nSPS) is 12.4. The van der Waals surface area contributed by atoms with Gasteiger partial charge < -0.3 is 4.74 Å². The molecular formula is C11H11ClN2OS. The van der Waals surface area contributed by atoms with Crippen molar-refractivity contribution in [3.05, 3.63) is 29.3 Å². The fourth-order valence-electron chi connectivity index (χ4n) is 1.25. The molecule has 0 N–H and O–H groups in total. The third kappa shape index (κ3) is 2.33. The van der Waals surface area contributed by atoms with Crippen molar-refractivity contribution in [3.8, 4) is 16.3 Å². The summed E-state index contributed by atoms with van der Waals surface area (Å²) in [6.07, 6.45) is 0. The van der Waals surface area contributed by atoms with Crippen LogP contribution in [0.2, 0.25) is 0 Å². The monoisotopic (exact) mass is 254 g/mol. The number of ether oxygens (including phenoxy) is 1. The Morgan fingerprint density at radius 1 is 1.25 bits per heavy atom. The highest BCUT2D eigenvalue weighted by atomic mass is 35.5. The molecule has 1 aromatic carbocycles. The van der Waals surface area contributed by atoms with Crippen LogP contribution in [0, 0.1) is 0 Å². The van der Waals surface area contributed by atoms with Crippen LogP contribution < -0.4 is 4.74 Å². The fourth-order valence-corrected chi connectivity index (χ4v) is 2.20. The minimum atomic E-state index is -0.0931. The van der Waals surface area contributed by atoms with Crippen molar-refractivity contribution in [3.63, 3.8) is 0 Å². The first-order valence-corrected chi connectivity index (χ1v) is 6.08. The van der Waals surface area contributed by atoms with Crippen molar-refractivity contribution in [1.29, 1.82) is 0 Å². The summed E-state index contributed by atoms with van der Waals surface area (Å²) in [6, 6.07) is 7.73. The van der Waals surface area contributed by atoms with Crippen LogP contribution in [0.4, 0.5) is 0 Å². The predicted octanol–water partition coefficient (Wildman–Crippen LogP) is 3.51. The molecular weight excluding hydrogens is 244 g/mol. The van der Waals surface area contributed by atoms with Crippen molar-refractivity contribution in [2.24, 2.45) is 0 Å². The molecule has 1 heterocycles. The molecule has 0 aliphatic carbocycles. The molecule has 0 saturated carbocycles. The number of aromatic nitrogens is 2. The Morgan fingerprint density at radius 3 is 2.44 bits per heavy atom. The molecule has 0 aliphatic heterocycles. The van der Waals surface area contributed by atoms with Gasteiger partial charge in [0.1, 0.15) is 15.8 Å². The summed E-state index contributed by atoms with van der Waals surface area (Å²) in [5.74, 6) is 0.833. The molecule has 1 atom stereocenters. The van der Waals surface area contributed by atoms with Crippen LogP contribution in [0.25, 0.3) is 10.6 Å². The van der Waals surface area contributed by atoms with Crippen LogP contribution in [0.5, 0.6) is 5.75 Å². The van der Waals surface area contributed by atoms with Crippen molar-refractivity contribution < 1.29 is 4.74 Å². The third-order valence-electron chi connectivity index (χ3n) is 2.12. The number of hydrogen-bond acceptors (Lipinski definition) is 4. The topological polar surface area (TPSA) is 35.0 Å². The molecule has 2 rings (SSSR count). The first kappa shape index (κ1) is 11.4. The SMILES string of the molecule is COc1ccc(-c2nnc(C(C)Cl)s2)cc1. The van der Waals surface area contributed by atoms with Crippen LogP contribution in [0.15, 0.2) is 24.3 Å². The molecule has 0 aliphatic rings. The number of nitrogens with zero attached hydrogens (tertiary/aromatic N) is 2. The minimum absolute atomic E-state index is 0.0931. The molecule has 1 aromatic heterocycles. The Labute approximate surface area is 103 Å². The van der Waals surface area contributed by atoms with Gasteiger partial charge in [0.15, 0.2) is 0 Å². The number of halogens is 1. The van der Waals surface area contributed by atoms with Gasteiger partial charge in [0.2, 0.25) is 0 Å². The van der Waals surface area contributed by atoms with Gasteiger partial charge in [0.25, 0.3) is 0 Å². The van der Waals surface area contributed by atoms with Crippen LogP contribution >= 0.6 is 22.9 Å². The standard InChI is InChI=1S/C11H11ClN2OS/c1-7(12)10-13-14-11(16-10)8-3-5-9(15-2)6-4-8/h3-7H,1-2H3. The quantitative estimate of drug-likeness (QED) is 0.787. The highest BCUT2D eigenvalue weighted by Gasteiger charge is 2.10. The summed E-state index contributed by atoms with van der Waals surface area (Å²) in [5.41, 5.74) is 1.03. The van der Waals surface area contributed by atoms with E-state index in [0.717, 1.165) is 21.3 Å². The average Bonchev–Trinajstić information content (AvgIpc) is 2.78. The summed E-state index contributed by atoms with van der Waals surface area (Å²) < 4.78 is 5.09. The maximum atomic E-state index is 5.94. The van der Waals surface area contributed by atoms with Gasteiger partial charge in [-0.15, -0.1) is 21.8 Å². The molecule has 0 fully saturated rings. The van der Waals surface area contributed by atoms with Crippen LogP contribution in [0.1, 0.15) is 17.3 Å². The minimum Gasteiger partial charge on any atom is -0.497 e. The Bertz CT molecular complexity index is 467. The Hall–Kier alpha value is -1.13. The zero-order valence-corrected chi connectivity index (χ0v) is 10.5. The Morgan fingerprint density at radius 2 is 1.94 bits per heavy atom. The van der Waals surface area contributed by atoms with E-state index >= 15 is 0 Å². The molecule has 16 heavy (non-hydrogen) atoms. The number of methoxy groups -OCH3 is 1. The number of hydrogen-bond donors (Lipinski definition) is 0. The first-order valence-electron chi connectivity index (χ1n) is 4.82. The van der Waals surface area contributed by atoms with Gasteiger partial charge in [0, 0.05) is 5.56 Å². The summed E-state index contributed by atoms with van der Waals surface area (Å²) in [7, 11) is 1.65. The van der Waals surface area contributed by atoms with Crippen LogP contribution in [0.3, 0.4) is 0 Å². The van der Waals surface area contributed by atoms with E-state index < -0.39 is 0 Å². The zero-order valence-electron chi connectivity index (χ0n) is 8.98. The van der Waals surface area contributed by atoms with Crippen LogP contribution in [-0.2, 0) is 0 Å². The fraction of sp³-hybridized carbons (Fsp3) is 0.273. The lowest BCUT2D eigenvalue weighted by Crippen LogP contribution is -1.82. The first-order chi connectivity index (χ1) is 7.70. The van der Waals surface area contributed by atoms with Gasteiger partial charge in [-0.3, -0.25) is 0 Å². The van der Waals surface area contributed by atoms with Crippen LogP contribution in [-0.4, -0.2) is 17.3 Å². The van der Waals surface area contributed by atoms with E-state index in [4.69, 9.17) is 16.3 Å². The van der Waals surface area contributed by atoms with Gasteiger partial charge in [0.05, 0.1) is 12.5 Å². The Kier molecular flexibility index (Phi) is 3.41. The second kappa shape index (κ2) is 4.80. The second-order valence-corrected chi connectivity index (χ2v) is 4.95. The number of benzene rings is 1.